The topological polar surface area (TPSA) is 56.2 Å². The van der Waals surface area contributed by atoms with E-state index in [-0.39, 0.29) is 5.97 Å². The van der Waals surface area contributed by atoms with Gasteiger partial charge in [-0.25, -0.2) is 9.48 Å². The highest BCUT2D eigenvalue weighted by Crippen LogP contribution is 2.22. The Kier molecular flexibility index (Phi) is 3.28. The van der Waals surface area contributed by atoms with E-state index < -0.39 is 0 Å². The van der Waals surface area contributed by atoms with Gasteiger partial charge in [0.2, 0.25) is 0 Å². The first-order chi connectivity index (χ1) is 9.70. The molecule has 1 aliphatic rings. The van der Waals surface area contributed by atoms with Crippen molar-refractivity contribution in [3.63, 3.8) is 0 Å². The molecule has 0 saturated heterocycles. The maximum absolute atomic E-state index is 11.6. The molecule has 0 radical (unpaired) electrons. The number of methoxy groups -OCH3 is 1. The summed E-state index contributed by atoms with van der Waals surface area (Å²) < 4.78 is 6.71. The molecule has 1 aromatic carbocycles. The maximum Gasteiger partial charge on any atom is 0.337 e. The minimum absolute atomic E-state index is 0.328. The average molecular weight is 271 g/mol. The standard InChI is InChI=1S/C15H17N3O2/c1-10-13-9-16-7-6-14(13)18(17-10)12-5-3-4-11(8-12)15(19)20-2/h3-5,8,16H,6-7,9H2,1-2H3. The van der Waals surface area contributed by atoms with Crippen LogP contribution < -0.4 is 5.32 Å². The number of esters is 1. The number of aromatic nitrogens is 2. The first kappa shape index (κ1) is 12.9. The van der Waals surface area contributed by atoms with E-state index in [4.69, 9.17) is 4.74 Å². The van der Waals surface area contributed by atoms with Crippen LogP contribution >= 0.6 is 0 Å². The molecule has 1 aromatic heterocycles. The normalized spacial score (nSPS) is 13.9. The lowest BCUT2D eigenvalue weighted by Crippen LogP contribution is -2.24. The fourth-order valence-corrected chi connectivity index (χ4v) is 2.61. The van der Waals surface area contributed by atoms with Crippen molar-refractivity contribution in [1.82, 2.24) is 15.1 Å². The van der Waals surface area contributed by atoms with Gasteiger partial charge in [-0.1, -0.05) is 6.07 Å². The minimum atomic E-state index is -0.328. The lowest BCUT2D eigenvalue weighted by molar-refractivity contribution is 0.0600. The molecule has 2 heterocycles. The molecule has 0 saturated carbocycles. The molecule has 5 heteroatoms. The van der Waals surface area contributed by atoms with Gasteiger partial charge in [-0.2, -0.15) is 5.10 Å². The third kappa shape index (κ3) is 2.10. The van der Waals surface area contributed by atoms with Gasteiger partial charge in [0, 0.05) is 25.1 Å². The molecule has 0 unspecified atom stereocenters. The van der Waals surface area contributed by atoms with E-state index in [9.17, 15) is 4.79 Å². The minimum Gasteiger partial charge on any atom is -0.465 e. The second-order valence-corrected chi connectivity index (χ2v) is 4.89. The molecular weight excluding hydrogens is 254 g/mol. The van der Waals surface area contributed by atoms with Crippen LogP contribution in [0.2, 0.25) is 0 Å². The molecule has 5 nitrogen and oxygen atoms in total. The van der Waals surface area contributed by atoms with Gasteiger partial charge in [-0.15, -0.1) is 0 Å². The fraction of sp³-hybridized carbons (Fsp3) is 0.333. The number of carbonyl (C=O) groups is 1. The Morgan fingerprint density at radius 2 is 2.30 bits per heavy atom. The summed E-state index contributed by atoms with van der Waals surface area (Å²) >= 11 is 0. The van der Waals surface area contributed by atoms with Crippen LogP contribution in [0, 0.1) is 6.92 Å². The molecule has 1 aliphatic heterocycles. The summed E-state index contributed by atoms with van der Waals surface area (Å²) in [6, 6.07) is 7.38. The van der Waals surface area contributed by atoms with Gasteiger partial charge < -0.3 is 10.1 Å². The zero-order valence-corrected chi connectivity index (χ0v) is 11.6. The molecule has 0 bridgehead atoms. The summed E-state index contributed by atoms with van der Waals surface area (Å²) in [5, 5.41) is 7.97. The highest BCUT2D eigenvalue weighted by atomic mass is 16.5. The molecule has 104 valence electrons. The van der Waals surface area contributed by atoms with Crippen molar-refractivity contribution in [2.24, 2.45) is 0 Å². The van der Waals surface area contributed by atoms with Crippen molar-refractivity contribution in [2.75, 3.05) is 13.7 Å². The predicted molar refractivity (Wildman–Crippen MR) is 75.1 cm³/mol. The first-order valence-corrected chi connectivity index (χ1v) is 6.67. The Morgan fingerprint density at radius 3 is 3.10 bits per heavy atom. The summed E-state index contributed by atoms with van der Waals surface area (Å²) in [6.45, 7) is 3.83. The van der Waals surface area contributed by atoms with Crippen molar-refractivity contribution >= 4 is 5.97 Å². The number of hydrogen-bond acceptors (Lipinski definition) is 4. The van der Waals surface area contributed by atoms with Gasteiger partial charge in [0.15, 0.2) is 0 Å². The molecule has 20 heavy (non-hydrogen) atoms. The third-order valence-corrected chi connectivity index (χ3v) is 3.64. The van der Waals surface area contributed by atoms with E-state index in [0.29, 0.717) is 5.56 Å². The number of benzene rings is 1. The number of carbonyl (C=O) groups excluding carboxylic acids is 1. The van der Waals surface area contributed by atoms with Gasteiger partial charge in [-0.05, 0) is 25.1 Å². The Bertz CT molecular complexity index is 661. The second kappa shape index (κ2) is 5.09. The fourth-order valence-electron chi connectivity index (χ4n) is 2.61. The zero-order valence-electron chi connectivity index (χ0n) is 11.6. The van der Waals surface area contributed by atoms with Gasteiger partial charge in [0.25, 0.3) is 0 Å². The van der Waals surface area contributed by atoms with E-state index in [0.717, 1.165) is 30.9 Å². The smallest absolute Gasteiger partial charge is 0.337 e. The highest BCUT2D eigenvalue weighted by Gasteiger charge is 2.19. The summed E-state index contributed by atoms with van der Waals surface area (Å²) in [6.07, 6.45) is 0.943. The zero-order chi connectivity index (χ0) is 14.1. The molecule has 0 amide bonds. The highest BCUT2D eigenvalue weighted by molar-refractivity contribution is 5.89. The predicted octanol–water partition coefficient (Wildman–Crippen LogP) is 1.61. The van der Waals surface area contributed by atoms with E-state index in [1.54, 1.807) is 6.07 Å². The molecule has 0 fully saturated rings. The number of nitrogens with zero attached hydrogens (tertiary/aromatic N) is 2. The number of fused-ring (bicyclic) bond motifs is 1. The molecule has 0 spiro atoms. The van der Waals surface area contributed by atoms with Crippen LogP contribution in [0.1, 0.15) is 27.3 Å². The van der Waals surface area contributed by atoms with Crippen LogP contribution in [0.15, 0.2) is 24.3 Å². The Hall–Kier alpha value is -2.14. The summed E-state index contributed by atoms with van der Waals surface area (Å²) in [4.78, 5) is 11.6. The van der Waals surface area contributed by atoms with Crippen molar-refractivity contribution in [2.45, 2.75) is 19.9 Å². The molecule has 1 N–H and O–H groups in total. The monoisotopic (exact) mass is 271 g/mol. The lowest BCUT2D eigenvalue weighted by atomic mass is 10.1. The number of aryl methyl sites for hydroxylation is 1. The van der Waals surface area contributed by atoms with Gasteiger partial charge >= 0.3 is 5.97 Å². The molecule has 2 aromatic rings. The van der Waals surface area contributed by atoms with Crippen LogP contribution in [-0.4, -0.2) is 29.4 Å². The number of hydrogen-bond donors (Lipinski definition) is 1. The van der Waals surface area contributed by atoms with Crippen molar-refractivity contribution in [1.29, 1.82) is 0 Å². The molecular formula is C15H17N3O2. The van der Waals surface area contributed by atoms with Crippen molar-refractivity contribution in [3.8, 4) is 5.69 Å². The van der Waals surface area contributed by atoms with Crippen molar-refractivity contribution in [3.05, 3.63) is 46.8 Å². The third-order valence-electron chi connectivity index (χ3n) is 3.64. The Labute approximate surface area is 117 Å². The summed E-state index contributed by atoms with van der Waals surface area (Å²) in [5.41, 5.74) is 4.97. The van der Waals surface area contributed by atoms with Crippen LogP contribution in [0.25, 0.3) is 5.69 Å². The molecule has 0 aliphatic carbocycles. The van der Waals surface area contributed by atoms with Gasteiger partial charge in [-0.3, -0.25) is 0 Å². The average Bonchev–Trinajstić information content (AvgIpc) is 2.84. The van der Waals surface area contributed by atoms with Gasteiger partial charge in [0.1, 0.15) is 0 Å². The molecule has 3 rings (SSSR count). The first-order valence-electron chi connectivity index (χ1n) is 6.67. The largest absolute Gasteiger partial charge is 0.465 e. The maximum atomic E-state index is 11.6. The Morgan fingerprint density at radius 1 is 1.45 bits per heavy atom. The number of ether oxygens (including phenoxy) is 1. The van der Waals surface area contributed by atoms with Crippen molar-refractivity contribution < 1.29 is 9.53 Å². The number of rotatable bonds is 2. The van der Waals surface area contributed by atoms with E-state index in [1.165, 1.54) is 18.4 Å². The van der Waals surface area contributed by atoms with E-state index in [1.807, 2.05) is 29.8 Å². The summed E-state index contributed by atoms with van der Waals surface area (Å²) in [5.74, 6) is -0.328. The SMILES string of the molecule is COC(=O)c1cccc(-n2nc(C)c3c2CCNC3)c1. The summed E-state index contributed by atoms with van der Waals surface area (Å²) in [7, 11) is 1.39. The van der Waals surface area contributed by atoms with Crippen LogP contribution in [0.3, 0.4) is 0 Å². The van der Waals surface area contributed by atoms with E-state index >= 15 is 0 Å². The molecule has 0 atom stereocenters. The van der Waals surface area contributed by atoms with Crippen LogP contribution in [0.5, 0.6) is 0 Å². The number of nitrogens with one attached hydrogen (secondary N) is 1. The van der Waals surface area contributed by atoms with Crippen LogP contribution in [-0.2, 0) is 17.7 Å². The van der Waals surface area contributed by atoms with Crippen LogP contribution in [0.4, 0.5) is 0 Å². The lowest BCUT2D eigenvalue weighted by Gasteiger charge is -2.15. The second-order valence-electron chi connectivity index (χ2n) is 4.89. The van der Waals surface area contributed by atoms with Gasteiger partial charge in [0.05, 0.1) is 29.7 Å². The van der Waals surface area contributed by atoms with E-state index in [2.05, 4.69) is 10.4 Å². The Balaban J connectivity index is 2.07. The quantitative estimate of drug-likeness (QED) is 0.843.